The third-order valence-corrected chi connectivity index (χ3v) is 5.66. The molecule has 4 rings (SSSR count). The van der Waals surface area contributed by atoms with E-state index in [1.807, 2.05) is 30.0 Å². The van der Waals surface area contributed by atoms with Gasteiger partial charge in [-0.2, -0.15) is 0 Å². The number of para-hydroxylation sites is 1. The van der Waals surface area contributed by atoms with Crippen molar-refractivity contribution in [3.8, 4) is 0 Å². The zero-order chi connectivity index (χ0) is 19.1. The van der Waals surface area contributed by atoms with E-state index >= 15 is 0 Å². The van der Waals surface area contributed by atoms with Gasteiger partial charge in [0.1, 0.15) is 5.65 Å². The lowest BCUT2D eigenvalue weighted by Crippen LogP contribution is -2.42. The van der Waals surface area contributed by atoms with Gasteiger partial charge in [0.05, 0.1) is 33.5 Å². The van der Waals surface area contributed by atoms with Crippen molar-refractivity contribution in [1.29, 1.82) is 0 Å². The highest BCUT2D eigenvalue weighted by Crippen LogP contribution is 2.30. The molecule has 0 amide bonds. The smallest absolute Gasteiger partial charge is 0.263 e. The van der Waals surface area contributed by atoms with Gasteiger partial charge in [-0.3, -0.25) is 9.20 Å². The van der Waals surface area contributed by atoms with Crippen LogP contribution in [0.2, 0.25) is 10.0 Å². The summed E-state index contributed by atoms with van der Waals surface area (Å²) in [5, 5.41) is 4.57. The predicted octanol–water partition coefficient (Wildman–Crippen LogP) is 4.06. The van der Waals surface area contributed by atoms with Crippen molar-refractivity contribution in [1.82, 2.24) is 14.3 Å². The molecule has 0 unspecified atom stereocenters. The van der Waals surface area contributed by atoms with E-state index in [0.717, 1.165) is 11.4 Å². The number of hydrogen-bond acceptors (Lipinski definition) is 3. The van der Waals surface area contributed by atoms with Gasteiger partial charge in [0, 0.05) is 18.7 Å². The van der Waals surface area contributed by atoms with Crippen molar-refractivity contribution in [2.75, 3.05) is 11.9 Å². The molecule has 0 spiro atoms. The highest BCUT2D eigenvalue weighted by molar-refractivity contribution is 7.80. The third kappa shape index (κ3) is 3.29. The zero-order valence-corrected chi connectivity index (χ0v) is 16.8. The van der Waals surface area contributed by atoms with Crippen molar-refractivity contribution < 1.29 is 0 Å². The number of halogens is 2. The first kappa shape index (κ1) is 18.2. The molecule has 0 aliphatic carbocycles. The summed E-state index contributed by atoms with van der Waals surface area (Å²) < 4.78 is 1.64. The summed E-state index contributed by atoms with van der Waals surface area (Å²) >= 11 is 18.0. The standard InChI is InChI=1S/C19H16Cl2N4OS/c1-11-4-2-7-16-22-15-8-9-24(10-12(15)18(26)25(11)16)19(27)23-17-13(20)5-3-6-14(17)21/h2-7H,8-10H2,1H3,(H,23,27). The van der Waals surface area contributed by atoms with Crippen molar-refractivity contribution in [3.63, 3.8) is 0 Å². The van der Waals surface area contributed by atoms with Gasteiger partial charge in [0.2, 0.25) is 0 Å². The maximum atomic E-state index is 13.0. The highest BCUT2D eigenvalue weighted by Gasteiger charge is 2.24. The Morgan fingerprint density at radius 1 is 1.19 bits per heavy atom. The van der Waals surface area contributed by atoms with Crippen LogP contribution in [-0.4, -0.2) is 25.9 Å². The van der Waals surface area contributed by atoms with Crippen LogP contribution >= 0.6 is 35.4 Å². The number of aromatic nitrogens is 2. The molecule has 0 bridgehead atoms. The molecule has 8 heteroatoms. The van der Waals surface area contributed by atoms with Crippen LogP contribution in [0.25, 0.3) is 5.65 Å². The van der Waals surface area contributed by atoms with Gasteiger partial charge < -0.3 is 10.2 Å². The van der Waals surface area contributed by atoms with Crippen LogP contribution in [-0.2, 0) is 13.0 Å². The van der Waals surface area contributed by atoms with E-state index in [4.69, 9.17) is 35.4 Å². The molecule has 0 saturated heterocycles. The fraction of sp³-hybridized carbons (Fsp3) is 0.211. The maximum absolute atomic E-state index is 13.0. The van der Waals surface area contributed by atoms with Crippen LogP contribution in [0.5, 0.6) is 0 Å². The molecule has 138 valence electrons. The number of pyridine rings is 1. The van der Waals surface area contributed by atoms with Crippen LogP contribution in [0.3, 0.4) is 0 Å². The second-order valence-electron chi connectivity index (χ2n) is 6.40. The average molecular weight is 419 g/mol. The van der Waals surface area contributed by atoms with Gasteiger partial charge >= 0.3 is 0 Å². The van der Waals surface area contributed by atoms with Crippen LogP contribution in [0, 0.1) is 6.92 Å². The predicted molar refractivity (Wildman–Crippen MR) is 113 cm³/mol. The van der Waals surface area contributed by atoms with Crippen molar-refractivity contribution in [2.24, 2.45) is 0 Å². The van der Waals surface area contributed by atoms with Gasteiger partial charge in [-0.1, -0.05) is 35.3 Å². The van der Waals surface area contributed by atoms with Crippen LogP contribution in [0.4, 0.5) is 5.69 Å². The number of hydrogen-bond donors (Lipinski definition) is 1. The number of rotatable bonds is 1. The highest BCUT2D eigenvalue weighted by atomic mass is 35.5. The zero-order valence-electron chi connectivity index (χ0n) is 14.5. The quantitative estimate of drug-likeness (QED) is 0.603. The number of nitrogens with one attached hydrogen (secondary N) is 1. The van der Waals surface area contributed by atoms with Crippen LogP contribution < -0.4 is 10.9 Å². The summed E-state index contributed by atoms with van der Waals surface area (Å²) in [6.07, 6.45) is 0.646. The van der Waals surface area contributed by atoms with Crippen LogP contribution in [0.15, 0.2) is 41.2 Å². The van der Waals surface area contributed by atoms with E-state index in [9.17, 15) is 4.79 Å². The van der Waals surface area contributed by atoms with E-state index in [0.29, 0.717) is 51.6 Å². The number of anilines is 1. The molecule has 27 heavy (non-hydrogen) atoms. The maximum Gasteiger partial charge on any atom is 0.263 e. The molecule has 0 atom stereocenters. The van der Waals surface area contributed by atoms with Crippen molar-refractivity contribution >= 4 is 51.9 Å². The first-order valence-corrected chi connectivity index (χ1v) is 9.62. The Balaban J connectivity index is 1.66. The van der Waals surface area contributed by atoms with Gasteiger partial charge in [-0.25, -0.2) is 4.98 Å². The second-order valence-corrected chi connectivity index (χ2v) is 7.60. The van der Waals surface area contributed by atoms with E-state index in [1.54, 1.807) is 22.6 Å². The lowest BCUT2D eigenvalue weighted by atomic mass is 10.1. The fourth-order valence-electron chi connectivity index (χ4n) is 3.27. The lowest BCUT2D eigenvalue weighted by molar-refractivity contribution is 0.391. The van der Waals surface area contributed by atoms with Gasteiger partial charge in [-0.05, 0) is 43.4 Å². The van der Waals surface area contributed by atoms with E-state index in [2.05, 4.69) is 10.3 Å². The average Bonchev–Trinajstić information content (AvgIpc) is 2.64. The molecule has 3 heterocycles. The number of aryl methyl sites for hydroxylation is 1. The normalized spacial score (nSPS) is 13.5. The lowest BCUT2D eigenvalue weighted by Gasteiger charge is -2.30. The van der Waals surface area contributed by atoms with Gasteiger partial charge in [0.15, 0.2) is 5.11 Å². The molecule has 2 aromatic heterocycles. The summed E-state index contributed by atoms with van der Waals surface area (Å²) in [5.41, 5.74) is 3.56. The third-order valence-electron chi connectivity index (χ3n) is 4.67. The van der Waals surface area contributed by atoms with Crippen molar-refractivity contribution in [2.45, 2.75) is 19.9 Å². The first-order valence-electron chi connectivity index (χ1n) is 8.46. The molecule has 1 aromatic carbocycles. The molecule has 1 aliphatic heterocycles. The molecule has 5 nitrogen and oxygen atoms in total. The SMILES string of the molecule is Cc1cccc2nc3c(c(=O)n12)CN(C(=S)Nc1c(Cl)cccc1Cl)CC3. The second kappa shape index (κ2) is 7.11. The summed E-state index contributed by atoms with van der Waals surface area (Å²) in [4.78, 5) is 19.6. The van der Waals surface area contributed by atoms with Crippen molar-refractivity contribution in [3.05, 3.63) is 73.7 Å². The Bertz CT molecular complexity index is 1110. The number of fused-ring (bicyclic) bond motifs is 2. The van der Waals surface area contributed by atoms with Gasteiger partial charge in [0.25, 0.3) is 5.56 Å². The number of thiocarbonyl (C=S) groups is 1. The summed E-state index contributed by atoms with van der Waals surface area (Å²) in [5.74, 6) is 0. The fourth-order valence-corrected chi connectivity index (χ4v) is 4.02. The monoisotopic (exact) mass is 418 g/mol. The van der Waals surface area contributed by atoms with Crippen LogP contribution in [0.1, 0.15) is 17.0 Å². The number of benzene rings is 1. The van der Waals surface area contributed by atoms with E-state index in [-0.39, 0.29) is 5.56 Å². The molecule has 3 aromatic rings. The topological polar surface area (TPSA) is 49.6 Å². The van der Waals surface area contributed by atoms with E-state index < -0.39 is 0 Å². The summed E-state index contributed by atoms with van der Waals surface area (Å²) in [7, 11) is 0. The molecular weight excluding hydrogens is 403 g/mol. The minimum Gasteiger partial charge on any atom is -0.344 e. The Morgan fingerprint density at radius 2 is 1.89 bits per heavy atom. The summed E-state index contributed by atoms with van der Waals surface area (Å²) in [6, 6.07) is 10.9. The Hall–Kier alpha value is -2.15. The Labute approximate surface area is 171 Å². The Kier molecular flexibility index (Phi) is 4.80. The molecule has 0 fully saturated rings. The van der Waals surface area contributed by atoms with Gasteiger partial charge in [-0.15, -0.1) is 0 Å². The minimum absolute atomic E-state index is 0.0450. The molecular formula is C19H16Cl2N4OS. The number of nitrogens with zero attached hydrogens (tertiary/aromatic N) is 3. The molecule has 0 saturated carbocycles. The first-order chi connectivity index (χ1) is 13.0. The molecule has 1 aliphatic rings. The summed E-state index contributed by atoms with van der Waals surface area (Å²) in [6.45, 7) is 2.95. The largest absolute Gasteiger partial charge is 0.344 e. The molecule has 1 N–H and O–H groups in total. The van der Waals surface area contributed by atoms with E-state index in [1.165, 1.54) is 0 Å². The minimum atomic E-state index is -0.0450. The molecule has 0 radical (unpaired) electrons. The Morgan fingerprint density at radius 3 is 2.63 bits per heavy atom.